The predicted molar refractivity (Wildman–Crippen MR) is 127 cm³/mol. The van der Waals surface area contributed by atoms with E-state index in [2.05, 4.69) is 20.9 Å². The molecule has 0 bridgehead atoms. The number of aliphatic carboxylic acids is 1. The zero-order valence-electron chi connectivity index (χ0n) is 20.4. The highest BCUT2D eigenvalue weighted by Crippen LogP contribution is 2.11. The maximum absolute atomic E-state index is 13.1. The maximum Gasteiger partial charge on any atom is 0.326 e. The molecule has 5 unspecified atom stereocenters. The summed E-state index contributed by atoms with van der Waals surface area (Å²) in [6.45, 7) is 6.83. The Kier molecular flexibility index (Phi) is 14.5. The Morgan fingerprint density at radius 3 is 2.00 bits per heavy atom. The zero-order chi connectivity index (χ0) is 26.4. The van der Waals surface area contributed by atoms with Gasteiger partial charge in [-0.25, -0.2) is 4.79 Å². The van der Waals surface area contributed by atoms with Gasteiger partial charge in [0.2, 0.25) is 17.7 Å². The standard InChI is InChI=1S/C21H41N7O6/c1-5-12(4)16(28-17(30)13(22)10-29)19(32)26-14(7-6-8-25-21(23)24)18(31)27-15(20(33)34)9-11(2)3/h11-16,29H,5-10,22H2,1-4H3,(H,26,32)(H,27,31)(H,28,30)(H,33,34)(H4,23,24,25). The number of carboxylic acids is 1. The number of hydrogen-bond donors (Lipinski definition) is 8. The monoisotopic (exact) mass is 487 g/mol. The maximum atomic E-state index is 13.1. The van der Waals surface area contributed by atoms with Crippen molar-refractivity contribution in [3.8, 4) is 0 Å². The highest BCUT2D eigenvalue weighted by Gasteiger charge is 2.32. The Morgan fingerprint density at radius 2 is 1.53 bits per heavy atom. The highest BCUT2D eigenvalue weighted by molar-refractivity contribution is 5.94. The quantitative estimate of drug-likeness (QED) is 0.0681. The van der Waals surface area contributed by atoms with Crippen LogP contribution in [0.4, 0.5) is 0 Å². The van der Waals surface area contributed by atoms with Crippen molar-refractivity contribution >= 4 is 29.7 Å². The first-order chi connectivity index (χ1) is 15.8. The van der Waals surface area contributed by atoms with Crippen LogP contribution >= 0.6 is 0 Å². The van der Waals surface area contributed by atoms with Gasteiger partial charge in [-0.15, -0.1) is 0 Å². The lowest BCUT2D eigenvalue weighted by Gasteiger charge is -2.28. The van der Waals surface area contributed by atoms with E-state index in [-0.39, 0.29) is 37.2 Å². The number of carboxylic acid groups (broad SMARTS) is 1. The minimum atomic E-state index is -1.20. The molecule has 0 rings (SSSR count). The molecule has 0 heterocycles. The van der Waals surface area contributed by atoms with E-state index in [1.807, 2.05) is 20.8 Å². The Hall–Kier alpha value is -2.93. The lowest BCUT2D eigenvalue weighted by Crippen LogP contribution is -2.59. The van der Waals surface area contributed by atoms with Gasteiger partial charge in [-0.1, -0.05) is 34.1 Å². The van der Waals surface area contributed by atoms with E-state index in [1.54, 1.807) is 6.92 Å². The molecule has 0 spiro atoms. The molecule has 0 aromatic heterocycles. The van der Waals surface area contributed by atoms with Crippen LogP contribution < -0.4 is 33.2 Å². The van der Waals surface area contributed by atoms with Crippen LogP contribution in [0.2, 0.25) is 0 Å². The number of carbonyl (C=O) groups is 4. The number of aliphatic hydroxyl groups is 1. The number of guanidine groups is 1. The number of aliphatic imine (C=N–C) groups is 1. The van der Waals surface area contributed by atoms with Gasteiger partial charge in [-0.05, 0) is 31.1 Å². The Morgan fingerprint density at radius 1 is 0.941 bits per heavy atom. The highest BCUT2D eigenvalue weighted by atomic mass is 16.4. The van der Waals surface area contributed by atoms with Crippen LogP contribution in [0.15, 0.2) is 4.99 Å². The summed E-state index contributed by atoms with van der Waals surface area (Å²) in [5.74, 6) is -3.62. The molecule has 0 aliphatic carbocycles. The second kappa shape index (κ2) is 15.8. The van der Waals surface area contributed by atoms with Gasteiger partial charge in [0, 0.05) is 6.54 Å². The average Bonchev–Trinajstić information content (AvgIpc) is 2.76. The van der Waals surface area contributed by atoms with E-state index >= 15 is 0 Å². The van der Waals surface area contributed by atoms with Crippen LogP contribution in [0.25, 0.3) is 0 Å². The molecule has 0 radical (unpaired) electrons. The fraction of sp³-hybridized carbons (Fsp3) is 0.762. The van der Waals surface area contributed by atoms with Crippen LogP contribution in [-0.2, 0) is 19.2 Å². The second-order valence-corrected chi connectivity index (χ2v) is 8.70. The number of aliphatic hydroxyl groups excluding tert-OH is 1. The van der Waals surface area contributed by atoms with E-state index in [0.29, 0.717) is 12.8 Å². The van der Waals surface area contributed by atoms with Gasteiger partial charge in [0.05, 0.1) is 6.61 Å². The number of nitrogens with two attached hydrogens (primary N) is 3. The Balaban J connectivity index is 5.64. The molecule has 0 saturated carbocycles. The van der Waals surface area contributed by atoms with E-state index in [1.165, 1.54) is 0 Å². The van der Waals surface area contributed by atoms with Crippen LogP contribution in [0.1, 0.15) is 53.4 Å². The smallest absolute Gasteiger partial charge is 0.326 e. The SMILES string of the molecule is CCC(C)C(NC(=O)C(N)CO)C(=O)NC(CCCN=C(N)N)C(=O)NC(CC(C)C)C(=O)O. The Labute approximate surface area is 200 Å². The summed E-state index contributed by atoms with van der Waals surface area (Å²) in [6.07, 6.45) is 1.19. The summed E-state index contributed by atoms with van der Waals surface area (Å²) in [4.78, 5) is 53.6. The number of carbonyl (C=O) groups excluding carboxylic acids is 3. The fourth-order valence-corrected chi connectivity index (χ4v) is 3.04. The van der Waals surface area contributed by atoms with E-state index in [0.717, 1.165) is 0 Å². The summed E-state index contributed by atoms with van der Waals surface area (Å²) in [6, 6.07) is -4.44. The largest absolute Gasteiger partial charge is 0.480 e. The van der Waals surface area contributed by atoms with E-state index < -0.39 is 54.5 Å². The zero-order valence-corrected chi connectivity index (χ0v) is 20.4. The van der Waals surface area contributed by atoms with Crippen molar-refractivity contribution in [2.75, 3.05) is 13.2 Å². The lowest BCUT2D eigenvalue weighted by atomic mass is 9.97. The van der Waals surface area contributed by atoms with Gasteiger partial charge in [-0.3, -0.25) is 19.4 Å². The van der Waals surface area contributed by atoms with E-state index in [4.69, 9.17) is 22.3 Å². The van der Waals surface area contributed by atoms with Crippen molar-refractivity contribution in [2.45, 2.75) is 77.5 Å². The lowest BCUT2D eigenvalue weighted by molar-refractivity contribution is -0.143. The number of hydrogen-bond acceptors (Lipinski definition) is 7. The summed E-state index contributed by atoms with van der Waals surface area (Å²) < 4.78 is 0. The first-order valence-corrected chi connectivity index (χ1v) is 11.4. The third-order valence-electron chi connectivity index (χ3n) is 5.23. The molecule has 196 valence electrons. The van der Waals surface area contributed by atoms with Crippen molar-refractivity contribution in [1.29, 1.82) is 0 Å². The number of nitrogens with zero attached hydrogens (tertiary/aromatic N) is 1. The van der Waals surface area contributed by atoms with E-state index in [9.17, 15) is 24.3 Å². The first kappa shape index (κ1) is 31.1. The summed E-state index contributed by atoms with van der Waals surface area (Å²) >= 11 is 0. The summed E-state index contributed by atoms with van der Waals surface area (Å²) in [7, 11) is 0. The molecule has 5 atom stereocenters. The molecular weight excluding hydrogens is 446 g/mol. The molecule has 0 saturated heterocycles. The predicted octanol–water partition coefficient (Wildman–Crippen LogP) is -2.01. The van der Waals surface area contributed by atoms with Crippen molar-refractivity contribution in [2.24, 2.45) is 34.0 Å². The first-order valence-electron chi connectivity index (χ1n) is 11.4. The van der Waals surface area contributed by atoms with Crippen molar-refractivity contribution in [1.82, 2.24) is 16.0 Å². The minimum absolute atomic E-state index is 0.0111. The molecule has 13 heteroatoms. The van der Waals surface area contributed by atoms with Gasteiger partial charge in [-0.2, -0.15) is 0 Å². The normalized spacial score (nSPS) is 15.4. The fourth-order valence-electron chi connectivity index (χ4n) is 3.04. The van der Waals surface area contributed by atoms with Crippen molar-refractivity contribution < 1.29 is 29.4 Å². The topological polar surface area (TPSA) is 235 Å². The molecule has 11 N–H and O–H groups in total. The number of nitrogens with one attached hydrogen (secondary N) is 3. The average molecular weight is 488 g/mol. The van der Waals surface area contributed by atoms with Crippen LogP contribution in [0.3, 0.4) is 0 Å². The summed E-state index contributed by atoms with van der Waals surface area (Å²) in [5.41, 5.74) is 16.2. The molecule has 0 aliphatic heterocycles. The van der Waals surface area contributed by atoms with Gasteiger partial charge in [0.15, 0.2) is 5.96 Å². The minimum Gasteiger partial charge on any atom is -0.480 e. The summed E-state index contributed by atoms with van der Waals surface area (Å²) in [5, 5.41) is 26.2. The second-order valence-electron chi connectivity index (χ2n) is 8.70. The molecule has 13 nitrogen and oxygen atoms in total. The van der Waals surface area contributed by atoms with Crippen LogP contribution in [0.5, 0.6) is 0 Å². The van der Waals surface area contributed by atoms with Crippen molar-refractivity contribution in [3.63, 3.8) is 0 Å². The molecular formula is C21H41N7O6. The Bertz CT molecular complexity index is 712. The van der Waals surface area contributed by atoms with Gasteiger partial charge in [0.1, 0.15) is 24.2 Å². The van der Waals surface area contributed by atoms with Gasteiger partial charge < -0.3 is 43.4 Å². The van der Waals surface area contributed by atoms with Gasteiger partial charge in [0.25, 0.3) is 0 Å². The van der Waals surface area contributed by atoms with Crippen LogP contribution in [0, 0.1) is 11.8 Å². The molecule has 3 amide bonds. The molecule has 0 aromatic carbocycles. The van der Waals surface area contributed by atoms with Crippen molar-refractivity contribution in [3.05, 3.63) is 0 Å². The van der Waals surface area contributed by atoms with Crippen LogP contribution in [-0.4, -0.2) is 77.2 Å². The number of rotatable bonds is 16. The third-order valence-corrected chi connectivity index (χ3v) is 5.23. The molecule has 34 heavy (non-hydrogen) atoms. The third kappa shape index (κ3) is 11.8. The molecule has 0 aromatic rings. The molecule has 0 aliphatic rings. The van der Waals surface area contributed by atoms with Gasteiger partial charge >= 0.3 is 5.97 Å². The number of amides is 3. The molecule has 0 fully saturated rings.